The van der Waals surface area contributed by atoms with Gasteiger partial charge in [-0.15, -0.1) is 0 Å². The van der Waals surface area contributed by atoms with Gasteiger partial charge in [-0.2, -0.15) is 0 Å². The fourth-order valence-corrected chi connectivity index (χ4v) is 6.06. The molecule has 0 aromatic carbocycles. The SMILES string of the molecule is CCC[C@@]1(C)CC[C@H]2[C@@H](CCC3C[C@@H](O)CC[C@@]32C)C1=O. The minimum atomic E-state index is -0.0933. The van der Waals surface area contributed by atoms with Crippen molar-refractivity contribution in [3.8, 4) is 0 Å². The number of rotatable bonds is 2. The molecule has 0 aromatic rings. The maximum Gasteiger partial charge on any atom is 0.142 e. The van der Waals surface area contributed by atoms with Crippen molar-refractivity contribution in [3.63, 3.8) is 0 Å². The molecule has 0 bridgehead atoms. The first-order valence-corrected chi connectivity index (χ1v) is 9.13. The van der Waals surface area contributed by atoms with Crippen molar-refractivity contribution in [2.75, 3.05) is 0 Å². The lowest BCUT2D eigenvalue weighted by Crippen LogP contribution is -2.54. The van der Waals surface area contributed by atoms with E-state index in [0.29, 0.717) is 29.0 Å². The number of aliphatic hydroxyl groups is 1. The number of hydrogen-bond acceptors (Lipinski definition) is 2. The maximum absolute atomic E-state index is 13.1. The molecular formula is C19H32O2. The van der Waals surface area contributed by atoms with E-state index in [4.69, 9.17) is 0 Å². The monoisotopic (exact) mass is 292 g/mol. The Morgan fingerprint density at radius 1 is 1.14 bits per heavy atom. The fourth-order valence-electron chi connectivity index (χ4n) is 6.06. The lowest BCUT2D eigenvalue weighted by molar-refractivity contribution is -0.153. The van der Waals surface area contributed by atoms with Crippen molar-refractivity contribution in [2.45, 2.75) is 84.7 Å². The average Bonchev–Trinajstić information content (AvgIpc) is 2.44. The molecule has 0 aromatic heterocycles. The second-order valence-electron chi connectivity index (χ2n) is 8.63. The normalized spacial score (nSPS) is 50.4. The van der Waals surface area contributed by atoms with E-state index < -0.39 is 0 Å². The topological polar surface area (TPSA) is 37.3 Å². The summed E-state index contributed by atoms with van der Waals surface area (Å²) in [6, 6.07) is 0. The van der Waals surface area contributed by atoms with Gasteiger partial charge in [0.2, 0.25) is 0 Å². The lowest BCUT2D eigenvalue weighted by Gasteiger charge is -2.57. The van der Waals surface area contributed by atoms with E-state index in [2.05, 4.69) is 20.8 Å². The molecule has 0 amide bonds. The molecule has 0 spiro atoms. The standard InChI is InChI=1S/C19H32O2/c1-4-9-18(2)10-8-16-15(17(18)21)6-5-13-12-14(20)7-11-19(13,16)3/h13-16,20H,4-12H2,1-3H3/t13?,14-,15+,16-,18-,19-/m0/s1. The smallest absolute Gasteiger partial charge is 0.142 e. The van der Waals surface area contributed by atoms with Gasteiger partial charge in [0.1, 0.15) is 5.78 Å². The Morgan fingerprint density at radius 3 is 2.62 bits per heavy atom. The van der Waals surface area contributed by atoms with Gasteiger partial charge in [0.25, 0.3) is 0 Å². The summed E-state index contributed by atoms with van der Waals surface area (Å²) in [5.74, 6) is 2.12. The van der Waals surface area contributed by atoms with E-state index in [1.165, 1.54) is 6.42 Å². The van der Waals surface area contributed by atoms with Gasteiger partial charge in [0, 0.05) is 11.3 Å². The molecule has 2 nitrogen and oxygen atoms in total. The van der Waals surface area contributed by atoms with Crippen LogP contribution >= 0.6 is 0 Å². The first kappa shape index (κ1) is 15.5. The molecule has 2 heteroatoms. The number of carbonyl (C=O) groups excluding carboxylic acids is 1. The molecular weight excluding hydrogens is 260 g/mol. The zero-order chi connectivity index (χ0) is 15.3. The van der Waals surface area contributed by atoms with Crippen LogP contribution in [-0.4, -0.2) is 17.0 Å². The number of Topliss-reactive ketones (excluding diaryl/α,β-unsaturated/α-hetero) is 1. The van der Waals surface area contributed by atoms with E-state index in [1.54, 1.807) is 0 Å². The first-order valence-electron chi connectivity index (χ1n) is 9.13. The van der Waals surface area contributed by atoms with Crippen LogP contribution in [0.15, 0.2) is 0 Å². The van der Waals surface area contributed by atoms with Crippen molar-refractivity contribution < 1.29 is 9.90 Å². The Labute approximate surface area is 129 Å². The Balaban J connectivity index is 1.83. The van der Waals surface area contributed by atoms with Crippen LogP contribution < -0.4 is 0 Å². The third-order valence-electron chi connectivity index (χ3n) is 7.40. The van der Waals surface area contributed by atoms with E-state index in [-0.39, 0.29) is 11.5 Å². The minimum absolute atomic E-state index is 0.0483. The summed E-state index contributed by atoms with van der Waals surface area (Å²) in [4.78, 5) is 13.1. The van der Waals surface area contributed by atoms with Crippen LogP contribution in [0.3, 0.4) is 0 Å². The molecule has 3 aliphatic rings. The number of fused-ring (bicyclic) bond motifs is 3. The van der Waals surface area contributed by atoms with Crippen molar-refractivity contribution >= 4 is 5.78 Å². The molecule has 3 aliphatic carbocycles. The Kier molecular flexibility index (Phi) is 3.97. The first-order chi connectivity index (χ1) is 9.90. The molecule has 3 saturated carbocycles. The van der Waals surface area contributed by atoms with Gasteiger partial charge >= 0.3 is 0 Å². The van der Waals surface area contributed by atoms with Crippen LogP contribution in [0.5, 0.6) is 0 Å². The van der Waals surface area contributed by atoms with E-state index in [9.17, 15) is 9.90 Å². The predicted molar refractivity (Wildman–Crippen MR) is 84.9 cm³/mol. The number of aliphatic hydroxyl groups excluding tert-OH is 1. The van der Waals surface area contributed by atoms with Crippen LogP contribution in [0.2, 0.25) is 0 Å². The van der Waals surface area contributed by atoms with E-state index in [0.717, 1.165) is 51.4 Å². The third kappa shape index (κ3) is 2.38. The highest BCUT2D eigenvalue weighted by Crippen LogP contribution is 2.60. The molecule has 3 fully saturated rings. The highest BCUT2D eigenvalue weighted by atomic mass is 16.3. The largest absolute Gasteiger partial charge is 0.393 e. The average molecular weight is 292 g/mol. The van der Waals surface area contributed by atoms with Gasteiger partial charge in [-0.1, -0.05) is 27.2 Å². The molecule has 21 heavy (non-hydrogen) atoms. The van der Waals surface area contributed by atoms with Gasteiger partial charge in [0.15, 0.2) is 0 Å². The van der Waals surface area contributed by atoms with Crippen LogP contribution in [0.25, 0.3) is 0 Å². The molecule has 0 aliphatic heterocycles. The molecule has 6 atom stereocenters. The second-order valence-corrected chi connectivity index (χ2v) is 8.63. The van der Waals surface area contributed by atoms with Crippen molar-refractivity contribution in [2.24, 2.45) is 28.6 Å². The van der Waals surface area contributed by atoms with Crippen LogP contribution in [0, 0.1) is 28.6 Å². The molecule has 3 rings (SSSR count). The summed E-state index contributed by atoms with van der Waals surface area (Å²) >= 11 is 0. The predicted octanol–water partition coefficient (Wildman–Crippen LogP) is 4.35. The van der Waals surface area contributed by atoms with Gasteiger partial charge < -0.3 is 5.11 Å². The summed E-state index contributed by atoms with van der Waals surface area (Å²) in [7, 11) is 0. The minimum Gasteiger partial charge on any atom is -0.393 e. The Bertz CT molecular complexity index is 418. The highest BCUT2D eigenvalue weighted by molar-refractivity contribution is 5.88. The third-order valence-corrected chi connectivity index (χ3v) is 7.40. The molecule has 0 heterocycles. The van der Waals surface area contributed by atoms with Crippen molar-refractivity contribution in [3.05, 3.63) is 0 Å². The summed E-state index contributed by atoms with van der Waals surface area (Å²) < 4.78 is 0. The zero-order valence-electron chi connectivity index (χ0n) is 14.0. The summed E-state index contributed by atoms with van der Waals surface area (Å²) in [6.07, 6.45) is 9.68. The van der Waals surface area contributed by atoms with Crippen LogP contribution in [0.4, 0.5) is 0 Å². The molecule has 0 radical (unpaired) electrons. The summed E-state index contributed by atoms with van der Waals surface area (Å²) in [5, 5.41) is 10.00. The Morgan fingerprint density at radius 2 is 1.90 bits per heavy atom. The molecule has 120 valence electrons. The van der Waals surface area contributed by atoms with Gasteiger partial charge in [-0.05, 0) is 68.6 Å². The van der Waals surface area contributed by atoms with Gasteiger partial charge in [-0.3, -0.25) is 4.79 Å². The quantitative estimate of drug-likeness (QED) is 0.821. The van der Waals surface area contributed by atoms with Crippen LogP contribution in [0.1, 0.15) is 78.6 Å². The Hall–Kier alpha value is -0.370. The number of hydrogen-bond donors (Lipinski definition) is 1. The summed E-state index contributed by atoms with van der Waals surface area (Å²) in [5.41, 5.74) is 0.263. The fraction of sp³-hybridized carbons (Fsp3) is 0.947. The van der Waals surface area contributed by atoms with E-state index in [1.807, 2.05) is 0 Å². The lowest BCUT2D eigenvalue weighted by atomic mass is 9.47. The highest BCUT2D eigenvalue weighted by Gasteiger charge is 2.56. The van der Waals surface area contributed by atoms with Crippen LogP contribution in [-0.2, 0) is 4.79 Å². The van der Waals surface area contributed by atoms with E-state index >= 15 is 0 Å². The van der Waals surface area contributed by atoms with Gasteiger partial charge in [0.05, 0.1) is 6.10 Å². The molecule has 0 saturated heterocycles. The zero-order valence-corrected chi connectivity index (χ0v) is 14.0. The summed E-state index contributed by atoms with van der Waals surface area (Å²) in [6.45, 7) is 6.84. The number of ketones is 1. The van der Waals surface area contributed by atoms with Gasteiger partial charge in [-0.25, -0.2) is 0 Å². The second kappa shape index (κ2) is 5.37. The van der Waals surface area contributed by atoms with Crippen molar-refractivity contribution in [1.82, 2.24) is 0 Å². The van der Waals surface area contributed by atoms with Crippen molar-refractivity contribution in [1.29, 1.82) is 0 Å². The molecule has 1 N–H and O–H groups in total. The molecule has 1 unspecified atom stereocenters. The number of carbonyl (C=O) groups is 1. The maximum atomic E-state index is 13.1.